The Hall–Kier alpha value is -1.000. The van der Waals surface area contributed by atoms with Gasteiger partial charge in [0.05, 0.1) is 18.1 Å². The van der Waals surface area contributed by atoms with Gasteiger partial charge >= 0.3 is 0 Å². The molecule has 0 aliphatic heterocycles. The average molecular weight is 526 g/mol. The Kier molecular flexibility index (Phi) is 8.23. The molecule has 0 amide bonds. The summed E-state index contributed by atoms with van der Waals surface area (Å²) in [6.45, 7) is 2.98. The number of halogens is 3. The Morgan fingerprint density at radius 1 is 1.22 bits per heavy atom. The zero-order chi connectivity index (χ0) is 18.7. The van der Waals surface area contributed by atoms with Crippen molar-refractivity contribution >= 4 is 53.1 Å². The van der Waals surface area contributed by atoms with E-state index in [4.69, 9.17) is 28.2 Å². The van der Waals surface area contributed by atoms with Crippen molar-refractivity contribution in [2.75, 3.05) is 0 Å². The van der Waals surface area contributed by atoms with Gasteiger partial charge in [-0.05, 0) is 25.8 Å². The van der Waals surface area contributed by atoms with Crippen LogP contribution in [0.1, 0.15) is 43.0 Å². The van der Waals surface area contributed by atoms with Gasteiger partial charge in [-0.25, -0.2) is 4.99 Å². The molecule has 1 fully saturated rings. The highest BCUT2D eigenvalue weighted by Crippen LogP contribution is 2.25. The summed E-state index contributed by atoms with van der Waals surface area (Å²) in [5.41, 5.74) is 0.960. The Balaban J connectivity index is 0.00000261. The van der Waals surface area contributed by atoms with Crippen molar-refractivity contribution in [1.82, 2.24) is 30.0 Å². The van der Waals surface area contributed by atoms with E-state index in [9.17, 15) is 0 Å². The van der Waals surface area contributed by atoms with Crippen molar-refractivity contribution in [3.8, 4) is 0 Å². The van der Waals surface area contributed by atoms with Crippen molar-refractivity contribution in [3.05, 3.63) is 33.6 Å². The number of rotatable bonds is 5. The first-order chi connectivity index (χ1) is 12.5. The minimum atomic E-state index is 0. The Labute approximate surface area is 186 Å². The highest BCUT2D eigenvalue weighted by molar-refractivity contribution is 14.0. The second-order valence-electron chi connectivity index (χ2n) is 6.70. The molecule has 27 heavy (non-hydrogen) atoms. The summed E-state index contributed by atoms with van der Waals surface area (Å²) in [6.07, 6.45) is 4.87. The second-order valence-corrected chi connectivity index (χ2v) is 7.47. The van der Waals surface area contributed by atoms with Gasteiger partial charge in [-0.2, -0.15) is 0 Å². The van der Waals surface area contributed by atoms with Crippen LogP contribution in [0.4, 0.5) is 0 Å². The number of aliphatic imine (C=N–C) groups is 1. The van der Waals surface area contributed by atoms with E-state index in [1.807, 2.05) is 36.2 Å². The van der Waals surface area contributed by atoms with E-state index >= 15 is 0 Å². The van der Waals surface area contributed by atoms with Crippen LogP contribution in [0.25, 0.3) is 0 Å². The molecule has 0 bridgehead atoms. The van der Waals surface area contributed by atoms with Gasteiger partial charge < -0.3 is 19.8 Å². The van der Waals surface area contributed by atoms with Crippen molar-refractivity contribution in [3.63, 3.8) is 0 Å². The lowest BCUT2D eigenvalue weighted by atomic mass is 10.2. The third kappa shape index (κ3) is 5.51. The standard InChI is InChI=1S/C17H25Cl2N7.HI/c1-11-23-24-15(25(11)2)10-21-17(22-12-6-4-5-7-12)20-9-13-8-14(18)16(19)26(13)3;/h8,12H,4-7,9-10H2,1-3H3,(H2,20,21,22);1H. The molecule has 7 nitrogen and oxygen atoms in total. The predicted molar refractivity (Wildman–Crippen MR) is 120 cm³/mol. The molecule has 1 aliphatic rings. The fraction of sp³-hybridized carbons (Fsp3) is 0.588. The van der Waals surface area contributed by atoms with Crippen LogP contribution in [-0.2, 0) is 27.2 Å². The van der Waals surface area contributed by atoms with Gasteiger partial charge in [-0.3, -0.25) is 0 Å². The third-order valence-corrected chi connectivity index (χ3v) is 5.75. The Bertz CT molecular complexity index is 794. The average Bonchev–Trinajstić information content (AvgIpc) is 3.30. The summed E-state index contributed by atoms with van der Waals surface area (Å²) in [6, 6.07) is 2.31. The molecule has 150 valence electrons. The maximum atomic E-state index is 6.15. The van der Waals surface area contributed by atoms with Gasteiger partial charge in [0, 0.05) is 25.8 Å². The molecule has 2 aromatic rings. The first kappa shape index (κ1) is 22.3. The smallest absolute Gasteiger partial charge is 0.192 e. The summed E-state index contributed by atoms with van der Waals surface area (Å²) < 4.78 is 3.82. The largest absolute Gasteiger partial charge is 0.354 e. The monoisotopic (exact) mass is 525 g/mol. The lowest BCUT2D eigenvalue weighted by Gasteiger charge is -2.17. The van der Waals surface area contributed by atoms with Crippen molar-refractivity contribution in [2.45, 2.75) is 51.7 Å². The number of nitrogens with one attached hydrogen (secondary N) is 2. The van der Waals surface area contributed by atoms with Crippen molar-refractivity contribution in [2.24, 2.45) is 19.1 Å². The van der Waals surface area contributed by atoms with Gasteiger partial charge in [0.15, 0.2) is 11.8 Å². The van der Waals surface area contributed by atoms with E-state index in [2.05, 4.69) is 20.8 Å². The molecule has 0 radical (unpaired) electrons. The van der Waals surface area contributed by atoms with E-state index in [0.717, 1.165) is 23.3 Å². The van der Waals surface area contributed by atoms with E-state index in [1.165, 1.54) is 25.7 Å². The minimum absolute atomic E-state index is 0. The van der Waals surface area contributed by atoms with Crippen LogP contribution >= 0.6 is 47.2 Å². The first-order valence-corrected chi connectivity index (χ1v) is 9.60. The molecule has 0 aromatic carbocycles. The highest BCUT2D eigenvalue weighted by Gasteiger charge is 2.17. The first-order valence-electron chi connectivity index (χ1n) is 8.85. The Morgan fingerprint density at radius 2 is 1.93 bits per heavy atom. The van der Waals surface area contributed by atoms with E-state index in [-0.39, 0.29) is 24.0 Å². The molecule has 1 saturated carbocycles. The maximum Gasteiger partial charge on any atom is 0.192 e. The molecule has 10 heteroatoms. The van der Waals surface area contributed by atoms with E-state index < -0.39 is 0 Å². The number of guanidine groups is 1. The number of nitrogens with zero attached hydrogens (tertiary/aromatic N) is 5. The fourth-order valence-electron chi connectivity index (χ4n) is 3.08. The normalized spacial score (nSPS) is 15.1. The van der Waals surface area contributed by atoms with Crippen LogP contribution in [0.5, 0.6) is 0 Å². The Morgan fingerprint density at radius 3 is 2.48 bits per heavy atom. The van der Waals surface area contributed by atoms with Crippen molar-refractivity contribution in [1.29, 1.82) is 0 Å². The molecular formula is C17H26Cl2IN7. The van der Waals surface area contributed by atoms with Gasteiger partial charge in [-0.15, -0.1) is 34.2 Å². The maximum absolute atomic E-state index is 6.15. The molecule has 3 rings (SSSR count). The number of hydrogen-bond acceptors (Lipinski definition) is 3. The van der Waals surface area contributed by atoms with Crippen LogP contribution in [-0.4, -0.2) is 31.3 Å². The van der Waals surface area contributed by atoms with Gasteiger partial charge in [0.25, 0.3) is 0 Å². The topological polar surface area (TPSA) is 72.1 Å². The van der Waals surface area contributed by atoms with Crippen LogP contribution in [0.15, 0.2) is 11.1 Å². The summed E-state index contributed by atoms with van der Waals surface area (Å²) >= 11 is 12.2. The molecule has 2 heterocycles. The summed E-state index contributed by atoms with van der Waals surface area (Å²) in [4.78, 5) is 4.72. The van der Waals surface area contributed by atoms with Crippen molar-refractivity contribution < 1.29 is 0 Å². The quantitative estimate of drug-likeness (QED) is 0.355. The molecule has 0 unspecified atom stereocenters. The number of aryl methyl sites for hydroxylation is 1. The van der Waals surface area contributed by atoms with Gasteiger partial charge in [-0.1, -0.05) is 36.0 Å². The lowest BCUT2D eigenvalue weighted by molar-refractivity contribution is 0.605. The third-order valence-electron chi connectivity index (χ3n) is 4.91. The molecule has 2 aromatic heterocycles. The molecule has 2 N–H and O–H groups in total. The summed E-state index contributed by atoms with van der Waals surface area (Å²) in [5, 5.41) is 16.3. The lowest BCUT2D eigenvalue weighted by Crippen LogP contribution is -2.42. The minimum Gasteiger partial charge on any atom is -0.354 e. The van der Waals surface area contributed by atoms with E-state index in [0.29, 0.717) is 29.3 Å². The van der Waals surface area contributed by atoms with Gasteiger partial charge in [0.2, 0.25) is 0 Å². The number of aromatic nitrogens is 4. The SMILES string of the molecule is Cc1nnc(CNC(=NCc2cc(Cl)c(Cl)n2C)NC2CCCC2)n1C.I. The number of hydrogen-bond donors (Lipinski definition) is 2. The highest BCUT2D eigenvalue weighted by atomic mass is 127. The molecule has 0 saturated heterocycles. The fourth-order valence-corrected chi connectivity index (χ4v) is 3.50. The predicted octanol–water partition coefficient (Wildman–Crippen LogP) is 3.56. The second kappa shape index (κ2) is 9.97. The van der Waals surface area contributed by atoms with Crippen LogP contribution in [0.2, 0.25) is 10.2 Å². The van der Waals surface area contributed by atoms with E-state index in [1.54, 1.807) is 0 Å². The zero-order valence-electron chi connectivity index (χ0n) is 15.8. The van der Waals surface area contributed by atoms with Crippen LogP contribution in [0, 0.1) is 6.92 Å². The molecular weight excluding hydrogens is 500 g/mol. The molecule has 0 spiro atoms. The van der Waals surface area contributed by atoms with Gasteiger partial charge in [0.1, 0.15) is 11.0 Å². The summed E-state index contributed by atoms with van der Waals surface area (Å²) in [5.74, 6) is 2.52. The zero-order valence-corrected chi connectivity index (χ0v) is 19.6. The van der Waals surface area contributed by atoms with Crippen LogP contribution < -0.4 is 10.6 Å². The van der Waals surface area contributed by atoms with Crippen LogP contribution in [0.3, 0.4) is 0 Å². The molecule has 1 aliphatic carbocycles. The summed E-state index contributed by atoms with van der Waals surface area (Å²) in [7, 11) is 3.85. The molecule has 0 atom stereocenters.